The van der Waals surface area contributed by atoms with E-state index in [1.54, 1.807) is 0 Å². The van der Waals surface area contributed by atoms with E-state index in [0.717, 1.165) is 16.9 Å². The van der Waals surface area contributed by atoms with Gasteiger partial charge in [0, 0.05) is 59.2 Å². The van der Waals surface area contributed by atoms with Gasteiger partial charge in [0.05, 0.1) is 16.7 Å². The first kappa shape index (κ1) is 21.9. The molecule has 0 amide bonds. The maximum Gasteiger partial charge on any atom is 0.0780 e. The van der Waals surface area contributed by atoms with Crippen molar-refractivity contribution in [2.45, 2.75) is 0 Å². The fraction of sp³-hybridized carbons (Fsp3) is 0. The molecule has 2 nitrogen and oxygen atoms in total. The second-order valence-corrected chi connectivity index (χ2v) is 11.4. The van der Waals surface area contributed by atoms with E-state index in [1.165, 1.54) is 63.5 Å². The number of pyridine rings is 1. The molecular formula is C37H22N2S. The molecule has 0 aliphatic carbocycles. The Balaban J connectivity index is 1.36. The van der Waals surface area contributed by atoms with Gasteiger partial charge in [0.1, 0.15) is 0 Å². The monoisotopic (exact) mass is 526 g/mol. The fourth-order valence-electron chi connectivity index (χ4n) is 6.43. The van der Waals surface area contributed by atoms with E-state index in [9.17, 15) is 0 Å². The quantitative estimate of drug-likeness (QED) is 0.219. The minimum Gasteiger partial charge on any atom is -0.309 e. The summed E-state index contributed by atoms with van der Waals surface area (Å²) in [6, 6.07) is 46.2. The first-order valence-electron chi connectivity index (χ1n) is 13.6. The zero-order valence-electron chi connectivity index (χ0n) is 21.5. The molecule has 0 aliphatic rings. The minimum absolute atomic E-state index is 1.02. The molecule has 0 fully saturated rings. The van der Waals surface area contributed by atoms with Crippen LogP contribution in [0.2, 0.25) is 0 Å². The third kappa shape index (κ3) is 3.01. The van der Waals surface area contributed by atoms with Crippen molar-refractivity contribution >= 4 is 74.9 Å². The Morgan fingerprint density at radius 1 is 0.525 bits per heavy atom. The van der Waals surface area contributed by atoms with Gasteiger partial charge in [-0.1, -0.05) is 97.1 Å². The zero-order chi connectivity index (χ0) is 26.2. The molecule has 3 heterocycles. The molecule has 0 unspecified atom stereocenters. The van der Waals surface area contributed by atoms with E-state index in [2.05, 4.69) is 132 Å². The van der Waals surface area contributed by atoms with Gasteiger partial charge in [0.2, 0.25) is 0 Å². The average molecular weight is 527 g/mol. The van der Waals surface area contributed by atoms with Gasteiger partial charge < -0.3 is 4.57 Å². The van der Waals surface area contributed by atoms with Crippen LogP contribution in [0, 0.1) is 0 Å². The highest BCUT2D eigenvalue weighted by Crippen LogP contribution is 2.44. The van der Waals surface area contributed by atoms with Gasteiger partial charge >= 0.3 is 0 Å². The molecular weight excluding hydrogens is 504 g/mol. The Hall–Kier alpha value is -4.99. The van der Waals surface area contributed by atoms with Crippen LogP contribution in [-0.4, -0.2) is 9.55 Å². The highest BCUT2D eigenvalue weighted by Gasteiger charge is 2.18. The van der Waals surface area contributed by atoms with E-state index in [1.807, 2.05) is 17.5 Å². The van der Waals surface area contributed by atoms with Gasteiger partial charge in [0.25, 0.3) is 0 Å². The van der Waals surface area contributed by atoms with Crippen molar-refractivity contribution in [2.24, 2.45) is 0 Å². The lowest BCUT2D eigenvalue weighted by atomic mass is 10.0. The van der Waals surface area contributed by atoms with Crippen molar-refractivity contribution in [1.29, 1.82) is 0 Å². The van der Waals surface area contributed by atoms with Crippen molar-refractivity contribution in [3.05, 3.63) is 134 Å². The van der Waals surface area contributed by atoms with E-state index >= 15 is 0 Å². The molecule has 40 heavy (non-hydrogen) atoms. The summed E-state index contributed by atoms with van der Waals surface area (Å²) < 4.78 is 5.14. The van der Waals surface area contributed by atoms with Crippen LogP contribution in [0.25, 0.3) is 80.5 Å². The molecule has 9 rings (SSSR count). The lowest BCUT2D eigenvalue weighted by molar-refractivity contribution is 1.19. The molecule has 0 atom stereocenters. The largest absolute Gasteiger partial charge is 0.309 e. The van der Waals surface area contributed by atoms with Crippen molar-refractivity contribution in [3.63, 3.8) is 0 Å². The SMILES string of the molecule is c1ccc2c(-c3ccc(-n4c5ccccc5c5ccc6ccc7c8ccccc8sc7c6c54)cc3)nccc2c1. The van der Waals surface area contributed by atoms with Crippen LogP contribution in [0.15, 0.2) is 134 Å². The van der Waals surface area contributed by atoms with Crippen molar-refractivity contribution in [2.75, 3.05) is 0 Å². The van der Waals surface area contributed by atoms with Crippen molar-refractivity contribution in [3.8, 4) is 16.9 Å². The third-order valence-electron chi connectivity index (χ3n) is 8.23. The van der Waals surface area contributed by atoms with E-state index in [4.69, 9.17) is 4.98 Å². The Morgan fingerprint density at radius 2 is 1.25 bits per heavy atom. The molecule has 0 saturated carbocycles. The van der Waals surface area contributed by atoms with Crippen LogP contribution in [0.3, 0.4) is 0 Å². The number of benzene rings is 6. The molecule has 9 aromatic rings. The molecule has 0 aliphatic heterocycles. The predicted octanol–water partition coefficient (Wildman–Crippen LogP) is 10.5. The Kier molecular flexibility index (Phi) is 4.52. The van der Waals surface area contributed by atoms with Gasteiger partial charge in [-0.2, -0.15) is 0 Å². The highest BCUT2D eigenvalue weighted by molar-refractivity contribution is 7.26. The first-order chi connectivity index (χ1) is 19.8. The Bertz CT molecular complexity index is 2420. The van der Waals surface area contributed by atoms with Crippen LogP contribution in [0.5, 0.6) is 0 Å². The van der Waals surface area contributed by atoms with Gasteiger partial charge in [0.15, 0.2) is 0 Å². The number of aromatic nitrogens is 2. The number of hydrogen-bond acceptors (Lipinski definition) is 2. The number of thiophene rings is 1. The molecule has 186 valence electrons. The van der Waals surface area contributed by atoms with E-state index < -0.39 is 0 Å². The smallest absolute Gasteiger partial charge is 0.0780 e. The zero-order valence-corrected chi connectivity index (χ0v) is 22.3. The number of hydrogen-bond donors (Lipinski definition) is 0. The summed E-state index contributed by atoms with van der Waals surface area (Å²) in [6.07, 6.45) is 1.90. The molecule has 6 aromatic carbocycles. The molecule has 3 aromatic heterocycles. The van der Waals surface area contributed by atoms with Crippen molar-refractivity contribution < 1.29 is 0 Å². The van der Waals surface area contributed by atoms with Crippen molar-refractivity contribution in [1.82, 2.24) is 9.55 Å². The molecule has 0 N–H and O–H groups in total. The summed E-state index contributed by atoms with van der Waals surface area (Å²) in [5, 5.41) is 10.2. The lowest BCUT2D eigenvalue weighted by Gasteiger charge is -2.12. The van der Waals surface area contributed by atoms with Crippen LogP contribution in [0.1, 0.15) is 0 Å². The Morgan fingerprint density at radius 3 is 2.12 bits per heavy atom. The predicted molar refractivity (Wildman–Crippen MR) is 172 cm³/mol. The maximum atomic E-state index is 4.76. The molecule has 0 saturated heterocycles. The van der Waals surface area contributed by atoms with Crippen LogP contribution >= 0.6 is 11.3 Å². The standard InChI is InChI=1S/C37H22N2S/c1-2-8-27-23(7-1)21-22-38-35(27)25-13-17-26(18-14-25)39-32-11-5-3-9-28(32)30-19-15-24-16-20-31-29-10-4-6-12-33(29)40-37(31)34(24)36(30)39/h1-22H. The normalized spacial score (nSPS) is 12.0. The fourth-order valence-corrected chi connectivity index (χ4v) is 7.69. The summed E-state index contributed by atoms with van der Waals surface area (Å²) in [5.41, 5.74) is 5.79. The summed E-state index contributed by atoms with van der Waals surface area (Å²) in [4.78, 5) is 4.76. The van der Waals surface area contributed by atoms with E-state index in [-0.39, 0.29) is 0 Å². The van der Waals surface area contributed by atoms with Crippen LogP contribution in [0.4, 0.5) is 0 Å². The summed E-state index contributed by atoms with van der Waals surface area (Å²) >= 11 is 1.90. The molecule has 0 bridgehead atoms. The van der Waals surface area contributed by atoms with Gasteiger partial charge in [-0.25, -0.2) is 0 Å². The summed E-state index contributed by atoms with van der Waals surface area (Å²) in [6.45, 7) is 0. The van der Waals surface area contributed by atoms with Crippen LogP contribution < -0.4 is 0 Å². The Labute approximate surface area is 234 Å². The molecule has 0 spiro atoms. The maximum absolute atomic E-state index is 4.76. The number of fused-ring (bicyclic) bond motifs is 10. The van der Waals surface area contributed by atoms with Gasteiger partial charge in [-0.05, 0) is 41.1 Å². The second kappa shape index (κ2) is 8.25. The summed E-state index contributed by atoms with van der Waals surface area (Å²) in [5.74, 6) is 0. The second-order valence-electron chi connectivity index (χ2n) is 10.4. The average Bonchev–Trinajstić information content (AvgIpc) is 3.57. The van der Waals surface area contributed by atoms with E-state index in [0.29, 0.717) is 0 Å². The lowest BCUT2D eigenvalue weighted by Crippen LogP contribution is -1.95. The number of para-hydroxylation sites is 1. The number of nitrogens with zero attached hydrogens (tertiary/aromatic N) is 2. The van der Waals surface area contributed by atoms with Crippen LogP contribution in [-0.2, 0) is 0 Å². The molecule has 0 radical (unpaired) electrons. The van der Waals surface area contributed by atoms with Gasteiger partial charge in [-0.15, -0.1) is 11.3 Å². The summed E-state index contributed by atoms with van der Waals surface area (Å²) in [7, 11) is 0. The third-order valence-corrected chi connectivity index (χ3v) is 9.44. The highest BCUT2D eigenvalue weighted by atomic mass is 32.1. The van der Waals surface area contributed by atoms with Gasteiger partial charge in [-0.3, -0.25) is 4.98 Å². The topological polar surface area (TPSA) is 17.8 Å². The minimum atomic E-state index is 1.02. The number of rotatable bonds is 2. The first-order valence-corrected chi connectivity index (χ1v) is 14.4. The molecule has 3 heteroatoms.